The highest BCUT2D eigenvalue weighted by atomic mass is 79.9. The van der Waals surface area contributed by atoms with Crippen molar-refractivity contribution in [2.24, 2.45) is 5.73 Å². The number of rotatable bonds is 4. The fraction of sp³-hybridized carbons (Fsp3) is 0.286. The fourth-order valence-electron chi connectivity index (χ4n) is 1.79. The van der Waals surface area contributed by atoms with E-state index in [0.717, 1.165) is 12.8 Å². The van der Waals surface area contributed by atoms with Crippen LogP contribution >= 0.6 is 27.3 Å². The second-order valence-corrected chi connectivity index (χ2v) is 5.95. The molecule has 0 aliphatic rings. The third-order valence-electron chi connectivity index (χ3n) is 2.91. The van der Waals surface area contributed by atoms with Gasteiger partial charge in [0.2, 0.25) is 0 Å². The third kappa shape index (κ3) is 3.18. The van der Waals surface area contributed by atoms with Gasteiger partial charge in [-0.15, -0.1) is 11.3 Å². The highest BCUT2D eigenvalue weighted by Crippen LogP contribution is 2.27. The molecular formula is C14H16BrNS. The first kappa shape index (κ1) is 12.8. The SMILES string of the molecule is CCc1ccc(C(N)Cc2sccc2Br)cc1. The maximum absolute atomic E-state index is 6.23. The standard InChI is InChI=1S/C14H16BrNS/c1-2-10-3-5-11(6-4-10)13(16)9-14-12(15)7-8-17-14/h3-8,13H,2,9,16H2,1H3. The van der Waals surface area contributed by atoms with Crippen molar-refractivity contribution in [3.8, 4) is 0 Å². The zero-order chi connectivity index (χ0) is 12.3. The number of aryl methyl sites for hydroxylation is 1. The molecule has 0 radical (unpaired) electrons. The molecule has 0 saturated heterocycles. The van der Waals surface area contributed by atoms with E-state index in [1.165, 1.54) is 20.5 Å². The van der Waals surface area contributed by atoms with Gasteiger partial charge in [0.05, 0.1) is 0 Å². The minimum absolute atomic E-state index is 0.0795. The van der Waals surface area contributed by atoms with Crippen molar-refractivity contribution in [3.05, 3.63) is 56.2 Å². The van der Waals surface area contributed by atoms with Crippen LogP contribution in [0, 0.1) is 0 Å². The summed E-state index contributed by atoms with van der Waals surface area (Å²) in [7, 11) is 0. The molecule has 1 nitrogen and oxygen atoms in total. The molecule has 1 aromatic heterocycles. The highest BCUT2D eigenvalue weighted by molar-refractivity contribution is 9.10. The first-order valence-electron chi connectivity index (χ1n) is 5.77. The molecule has 1 atom stereocenters. The molecule has 0 bridgehead atoms. The number of thiophene rings is 1. The smallest absolute Gasteiger partial charge is 0.0344 e. The number of hydrogen-bond acceptors (Lipinski definition) is 2. The lowest BCUT2D eigenvalue weighted by Gasteiger charge is -2.12. The zero-order valence-corrected chi connectivity index (χ0v) is 12.2. The number of benzene rings is 1. The summed E-state index contributed by atoms with van der Waals surface area (Å²) in [5, 5.41) is 2.09. The van der Waals surface area contributed by atoms with E-state index in [2.05, 4.69) is 58.6 Å². The molecule has 2 aromatic rings. The van der Waals surface area contributed by atoms with Gasteiger partial charge in [-0.25, -0.2) is 0 Å². The monoisotopic (exact) mass is 309 g/mol. The molecule has 0 amide bonds. The van der Waals surface area contributed by atoms with Gasteiger partial charge in [-0.3, -0.25) is 0 Å². The Balaban J connectivity index is 2.09. The maximum Gasteiger partial charge on any atom is 0.0344 e. The van der Waals surface area contributed by atoms with Crippen molar-refractivity contribution < 1.29 is 0 Å². The Bertz CT molecular complexity index is 475. The normalized spacial score (nSPS) is 12.6. The predicted octanol–water partition coefficient (Wildman–Crippen LogP) is 4.32. The first-order valence-corrected chi connectivity index (χ1v) is 7.44. The van der Waals surface area contributed by atoms with Gasteiger partial charge in [-0.05, 0) is 44.9 Å². The van der Waals surface area contributed by atoms with Gasteiger partial charge >= 0.3 is 0 Å². The van der Waals surface area contributed by atoms with Crippen LogP contribution in [0.25, 0.3) is 0 Å². The minimum Gasteiger partial charge on any atom is -0.324 e. The molecule has 0 spiro atoms. The van der Waals surface area contributed by atoms with Gasteiger partial charge < -0.3 is 5.73 Å². The highest BCUT2D eigenvalue weighted by Gasteiger charge is 2.10. The van der Waals surface area contributed by atoms with Gasteiger partial charge in [-0.1, -0.05) is 31.2 Å². The summed E-state index contributed by atoms with van der Waals surface area (Å²) >= 11 is 5.30. The van der Waals surface area contributed by atoms with Crippen molar-refractivity contribution in [2.75, 3.05) is 0 Å². The Morgan fingerprint density at radius 1 is 1.24 bits per heavy atom. The summed E-state index contributed by atoms with van der Waals surface area (Å²) in [6.45, 7) is 2.16. The van der Waals surface area contributed by atoms with Gasteiger partial charge in [-0.2, -0.15) is 0 Å². The van der Waals surface area contributed by atoms with Crippen LogP contribution in [-0.2, 0) is 12.8 Å². The van der Waals surface area contributed by atoms with Crippen LogP contribution in [0.1, 0.15) is 29.0 Å². The zero-order valence-electron chi connectivity index (χ0n) is 9.82. The topological polar surface area (TPSA) is 26.0 Å². The van der Waals surface area contributed by atoms with Gasteiger partial charge in [0.1, 0.15) is 0 Å². The second-order valence-electron chi connectivity index (χ2n) is 4.10. The Morgan fingerprint density at radius 3 is 2.47 bits per heavy atom. The Morgan fingerprint density at radius 2 is 1.94 bits per heavy atom. The molecule has 90 valence electrons. The molecule has 0 aliphatic carbocycles. The van der Waals surface area contributed by atoms with Gasteiger partial charge in [0.25, 0.3) is 0 Å². The molecule has 17 heavy (non-hydrogen) atoms. The average molecular weight is 310 g/mol. The molecule has 0 saturated carbocycles. The van der Waals surface area contributed by atoms with Crippen molar-refractivity contribution in [2.45, 2.75) is 25.8 Å². The van der Waals surface area contributed by atoms with Crippen LogP contribution in [0.15, 0.2) is 40.2 Å². The van der Waals surface area contributed by atoms with Crippen LogP contribution in [0.4, 0.5) is 0 Å². The van der Waals surface area contributed by atoms with Crippen molar-refractivity contribution >= 4 is 27.3 Å². The van der Waals surface area contributed by atoms with E-state index in [0.29, 0.717) is 0 Å². The van der Waals surface area contributed by atoms with E-state index >= 15 is 0 Å². The molecule has 3 heteroatoms. The Labute approximate surface area is 115 Å². The largest absolute Gasteiger partial charge is 0.324 e. The summed E-state index contributed by atoms with van der Waals surface area (Å²) in [5.74, 6) is 0. The fourth-order valence-corrected chi connectivity index (χ4v) is 3.36. The van der Waals surface area contributed by atoms with Crippen LogP contribution in [0.5, 0.6) is 0 Å². The van der Waals surface area contributed by atoms with Crippen LogP contribution in [0.3, 0.4) is 0 Å². The summed E-state index contributed by atoms with van der Waals surface area (Å²) in [5.41, 5.74) is 8.80. The maximum atomic E-state index is 6.23. The summed E-state index contributed by atoms with van der Waals surface area (Å²) in [6, 6.07) is 10.8. The van der Waals surface area contributed by atoms with Crippen LogP contribution in [0.2, 0.25) is 0 Å². The van der Waals surface area contributed by atoms with E-state index in [-0.39, 0.29) is 6.04 Å². The van der Waals surface area contributed by atoms with Crippen LogP contribution < -0.4 is 5.73 Å². The van der Waals surface area contributed by atoms with E-state index in [4.69, 9.17) is 5.73 Å². The van der Waals surface area contributed by atoms with E-state index in [1.807, 2.05) is 0 Å². The quantitative estimate of drug-likeness (QED) is 0.894. The molecular weight excluding hydrogens is 294 g/mol. The summed E-state index contributed by atoms with van der Waals surface area (Å²) in [4.78, 5) is 1.32. The van der Waals surface area contributed by atoms with E-state index in [9.17, 15) is 0 Å². The van der Waals surface area contributed by atoms with Crippen LogP contribution in [-0.4, -0.2) is 0 Å². The molecule has 1 heterocycles. The molecule has 2 rings (SSSR count). The van der Waals surface area contributed by atoms with Crippen molar-refractivity contribution in [1.29, 1.82) is 0 Å². The van der Waals surface area contributed by atoms with Crippen molar-refractivity contribution in [3.63, 3.8) is 0 Å². The molecule has 0 fully saturated rings. The lowest BCUT2D eigenvalue weighted by atomic mass is 10.0. The van der Waals surface area contributed by atoms with Gasteiger partial charge in [0.15, 0.2) is 0 Å². The summed E-state index contributed by atoms with van der Waals surface area (Å²) < 4.78 is 1.17. The van der Waals surface area contributed by atoms with Gasteiger partial charge in [0, 0.05) is 21.8 Å². The molecule has 2 N–H and O–H groups in total. The molecule has 1 unspecified atom stereocenters. The Kier molecular flexibility index (Phi) is 4.37. The minimum atomic E-state index is 0.0795. The Hall–Kier alpha value is -0.640. The number of nitrogens with two attached hydrogens (primary N) is 1. The summed E-state index contributed by atoms with van der Waals surface area (Å²) in [6.07, 6.45) is 1.97. The number of halogens is 1. The molecule has 0 aliphatic heterocycles. The lowest BCUT2D eigenvalue weighted by molar-refractivity contribution is 0.728. The molecule has 1 aromatic carbocycles. The van der Waals surface area contributed by atoms with E-state index < -0.39 is 0 Å². The second kappa shape index (κ2) is 5.80. The van der Waals surface area contributed by atoms with Crippen molar-refractivity contribution in [1.82, 2.24) is 0 Å². The third-order valence-corrected chi connectivity index (χ3v) is 4.86. The predicted molar refractivity (Wildman–Crippen MR) is 78.5 cm³/mol. The number of hydrogen-bond donors (Lipinski definition) is 1. The van der Waals surface area contributed by atoms with E-state index in [1.54, 1.807) is 11.3 Å². The average Bonchev–Trinajstić information content (AvgIpc) is 2.75. The lowest BCUT2D eigenvalue weighted by Crippen LogP contribution is -2.12. The first-order chi connectivity index (χ1) is 8.20.